The zero-order valence-electron chi connectivity index (χ0n) is 16.9. The quantitative estimate of drug-likeness (QED) is 0.613. The van der Waals surface area contributed by atoms with Gasteiger partial charge in [-0.1, -0.05) is 0 Å². The second-order valence-corrected chi connectivity index (χ2v) is 8.04. The van der Waals surface area contributed by atoms with Crippen molar-refractivity contribution in [3.63, 3.8) is 0 Å². The van der Waals surface area contributed by atoms with Crippen LogP contribution in [-0.2, 0) is 11.3 Å². The average Bonchev–Trinajstić information content (AvgIpc) is 3.25. The molecule has 1 unspecified atom stereocenters. The van der Waals surface area contributed by atoms with E-state index >= 15 is 0 Å². The summed E-state index contributed by atoms with van der Waals surface area (Å²) in [6.07, 6.45) is 4.68. The van der Waals surface area contributed by atoms with Crippen LogP contribution in [0, 0.1) is 18.2 Å². The van der Waals surface area contributed by atoms with E-state index in [1.165, 1.54) is 12.1 Å². The number of likely N-dealkylation sites (tertiary alicyclic amines) is 1. The van der Waals surface area contributed by atoms with Crippen molar-refractivity contribution in [3.8, 4) is 5.69 Å². The molecule has 29 heavy (non-hydrogen) atoms. The third kappa shape index (κ3) is 4.11. The minimum atomic E-state index is -0.262. The van der Waals surface area contributed by atoms with Crippen molar-refractivity contribution in [1.82, 2.24) is 25.3 Å². The first-order chi connectivity index (χ1) is 14.0. The van der Waals surface area contributed by atoms with Crippen molar-refractivity contribution >= 4 is 11.9 Å². The summed E-state index contributed by atoms with van der Waals surface area (Å²) in [5.41, 5.74) is 2.82. The molecule has 154 valence electrons. The molecular weight excluding hydrogens is 371 g/mol. The topological polar surface area (TPSA) is 74.6 Å². The maximum atomic E-state index is 13.2. The Labute approximate surface area is 170 Å². The molecule has 2 fully saturated rings. The van der Waals surface area contributed by atoms with Gasteiger partial charge in [0.2, 0.25) is 5.91 Å². The molecule has 1 atom stereocenters. The van der Waals surface area contributed by atoms with E-state index in [2.05, 4.69) is 25.6 Å². The summed E-state index contributed by atoms with van der Waals surface area (Å²) in [6.45, 7) is 5.08. The smallest absolute Gasteiger partial charge is 0.220 e. The van der Waals surface area contributed by atoms with Crippen molar-refractivity contribution in [2.45, 2.75) is 32.7 Å². The Morgan fingerprint density at radius 2 is 2.17 bits per heavy atom. The summed E-state index contributed by atoms with van der Waals surface area (Å²) in [6, 6.07) is 6.28. The van der Waals surface area contributed by atoms with Gasteiger partial charge >= 0.3 is 0 Å². The zero-order chi connectivity index (χ0) is 20.4. The molecule has 2 aromatic rings. The van der Waals surface area contributed by atoms with Gasteiger partial charge in [0, 0.05) is 56.8 Å². The number of benzene rings is 1. The molecule has 3 heterocycles. The third-order valence-corrected chi connectivity index (χ3v) is 5.90. The first-order valence-electron chi connectivity index (χ1n) is 10.0. The van der Waals surface area contributed by atoms with Crippen molar-refractivity contribution in [2.24, 2.45) is 10.4 Å². The normalized spacial score (nSPS) is 22.2. The number of nitrogens with one attached hydrogen (secondary N) is 2. The number of carbonyl (C=O) groups excluding carboxylic acids is 1. The number of aryl methyl sites for hydroxylation is 1. The largest absolute Gasteiger partial charge is 0.355 e. The van der Waals surface area contributed by atoms with Gasteiger partial charge in [-0.25, -0.2) is 9.07 Å². The number of hydrogen-bond donors (Lipinski definition) is 2. The fourth-order valence-corrected chi connectivity index (χ4v) is 4.33. The second-order valence-electron chi connectivity index (χ2n) is 8.04. The van der Waals surface area contributed by atoms with Crippen LogP contribution in [0.4, 0.5) is 4.39 Å². The monoisotopic (exact) mass is 398 g/mol. The fourth-order valence-electron chi connectivity index (χ4n) is 4.33. The Hall–Kier alpha value is -2.90. The standard InChI is InChI=1S/C21H27FN6O/c1-15-16(12-28(26-15)18-6-4-17(22)5-7-18)11-24-20(23-2)27-9-3-8-21(14-27)10-19(29)25-13-21/h4-7,12H,3,8-11,13-14H2,1-2H3,(H,23,24)(H,25,29). The van der Waals surface area contributed by atoms with Crippen molar-refractivity contribution in [2.75, 3.05) is 26.7 Å². The highest BCUT2D eigenvalue weighted by atomic mass is 19.1. The van der Waals surface area contributed by atoms with Gasteiger partial charge in [-0.05, 0) is 44.0 Å². The summed E-state index contributed by atoms with van der Waals surface area (Å²) in [4.78, 5) is 18.5. The van der Waals surface area contributed by atoms with E-state index in [0.29, 0.717) is 13.0 Å². The molecule has 1 spiro atoms. The zero-order valence-corrected chi connectivity index (χ0v) is 16.9. The number of aliphatic imine (C=N–C) groups is 1. The fraction of sp³-hybridized carbons (Fsp3) is 0.476. The molecule has 1 amide bonds. The molecule has 0 saturated carbocycles. The molecule has 0 aliphatic carbocycles. The number of hydrogen-bond acceptors (Lipinski definition) is 3. The Morgan fingerprint density at radius 1 is 1.38 bits per heavy atom. The number of guanidine groups is 1. The lowest BCUT2D eigenvalue weighted by Gasteiger charge is -2.40. The van der Waals surface area contributed by atoms with Gasteiger partial charge in [-0.15, -0.1) is 0 Å². The molecule has 2 saturated heterocycles. The summed E-state index contributed by atoms with van der Waals surface area (Å²) in [7, 11) is 1.79. The maximum absolute atomic E-state index is 13.2. The Morgan fingerprint density at radius 3 is 2.86 bits per heavy atom. The van der Waals surface area contributed by atoms with E-state index in [1.54, 1.807) is 23.9 Å². The van der Waals surface area contributed by atoms with Crippen LogP contribution in [0.1, 0.15) is 30.5 Å². The minimum absolute atomic E-state index is 0.0241. The van der Waals surface area contributed by atoms with Crippen molar-refractivity contribution < 1.29 is 9.18 Å². The van der Waals surface area contributed by atoms with Gasteiger partial charge in [0.25, 0.3) is 0 Å². The van der Waals surface area contributed by atoms with Gasteiger partial charge in [-0.2, -0.15) is 5.10 Å². The van der Waals surface area contributed by atoms with E-state index in [1.807, 2.05) is 13.1 Å². The van der Waals surface area contributed by atoms with E-state index in [0.717, 1.165) is 55.4 Å². The van der Waals surface area contributed by atoms with Crippen molar-refractivity contribution in [3.05, 3.63) is 47.5 Å². The molecule has 2 aliphatic heterocycles. The summed E-state index contributed by atoms with van der Waals surface area (Å²) < 4.78 is 14.9. The van der Waals surface area contributed by atoms with E-state index in [9.17, 15) is 9.18 Å². The van der Waals surface area contributed by atoms with Crippen LogP contribution < -0.4 is 10.6 Å². The molecular formula is C21H27FN6O. The molecule has 2 aliphatic rings. The van der Waals surface area contributed by atoms with Crippen LogP contribution in [0.3, 0.4) is 0 Å². The highest BCUT2D eigenvalue weighted by Crippen LogP contribution is 2.36. The van der Waals surface area contributed by atoms with Gasteiger partial charge < -0.3 is 15.5 Å². The van der Waals surface area contributed by atoms with Crippen LogP contribution in [-0.4, -0.2) is 53.2 Å². The minimum Gasteiger partial charge on any atom is -0.355 e. The Balaban J connectivity index is 1.42. The molecule has 1 aromatic carbocycles. The predicted molar refractivity (Wildman–Crippen MR) is 109 cm³/mol. The number of piperidine rings is 1. The molecule has 1 aromatic heterocycles. The highest BCUT2D eigenvalue weighted by Gasteiger charge is 2.42. The highest BCUT2D eigenvalue weighted by molar-refractivity contribution is 5.81. The number of amides is 1. The number of carbonyl (C=O) groups is 1. The van der Waals surface area contributed by atoms with Crippen LogP contribution in [0.5, 0.6) is 0 Å². The molecule has 4 rings (SSSR count). The predicted octanol–water partition coefficient (Wildman–Crippen LogP) is 2.00. The van der Waals surface area contributed by atoms with Crippen LogP contribution in [0.2, 0.25) is 0 Å². The maximum Gasteiger partial charge on any atom is 0.220 e. The first kappa shape index (κ1) is 19.4. The van der Waals surface area contributed by atoms with Gasteiger partial charge in [0.05, 0.1) is 11.4 Å². The van der Waals surface area contributed by atoms with Crippen LogP contribution >= 0.6 is 0 Å². The third-order valence-electron chi connectivity index (χ3n) is 5.90. The lowest BCUT2D eigenvalue weighted by Crippen LogP contribution is -2.51. The lowest BCUT2D eigenvalue weighted by molar-refractivity contribution is -0.119. The lowest BCUT2D eigenvalue weighted by atomic mass is 9.79. The summed E-state index contributed by atoms with van der Waals surface area (Å²) in [5, 5.41) is 11.0. The Kier molecular flexibility index (Phi) is 5.25. The molecule has 8 heteroatoms. The number of rotatable bonds is 3. The first-order valence-corrected chi connectivity index (χ1v) is 10.0. The van der Waals surface area contributed by atoms with E-state index < -0.39 is 0 Å². The second kappa shape index (κ2) is 7.85. The number of aromatic nitrogens is 2. The summed E-state index contributed by atoms with van der Waals surface area (Å²) >= 11 is 0. The Bertz CT molecular complexity index is 922. The molecule has 7 nitrogen and oxygen atoms in total. The molecule has 2 N–H and O–H groups in total. The van der Waals surface area contributed by atoms with Crippen LogP contribution in [0.25, 0.3) is 5.69 Å². The SMILES string of the molecule is CN=C(NCc1cn(-c2ccc(F)cc2)nc1C)N1CCCC2(CNC(=O)C2)C1. The van der Waals surface area contributed by atoms with E-state index in [4.69, 9.17) is 0 Å². The van der Waals surface area contributed by atoms with Gasteiger partial charge in [-0.3, -0.25) is 9.79 Å². The van der Waals surface area contributed by atoms with Gasteiger partial charge in [0.15, 0.2) is 5.96 Å². The summed E-state index contributed by atoms with van der Waals surface area (Å²) in [5.74, 6) is 0.734. The van der Waals surface area contributed by atoms with Crippen LogP contribution in [0.15, 0.2) is 35.5 Å². The molecule has 0 radical (unpaired) electrons. The number of halogens is 1. The average molecular weight is 398 g/mol. The number of nitrogens with zero attached hydrogens (tertiary/aromatic N) is 4. The molecule has 0 bridgehead atoms. The van der Waals surface area contributed by atoms with Gasteiger partial charge in [0.1, 0.15) is 5.82 Å². The van der Waals surface area contributed by atoms with Crippen molar-refractivity contribution in [1.29, 1.82) is 0 Å². The van der Waals surface area contributed by atoms with E-state index in [-0.39, 0.29) is 17.1 Å².